The molecule has 0 fully saturated rings. The Labute approximate surface area is 180 Å². The molecule has 2 heterocycles. The first-order chi connectivity index (χ1) is 15.3. The summed E-state index contributed by atoms with van der Waals surface area (Å²) in [5, 5.41) is 40.0. The molecule has 158 valence electrons. The van der Waals surface area contributed by atoms with Crippen molar-refractivity contribution in [3.63, 3.8) is 0 Å². The molecule has 3 N–H and O–H groups in total. The normalized spacial score (nSPS) is 14.1. The van der Waals surface area contributed by atoms with Gasteiger partial charge >= 0.3 is 5.97 Å². The fraction of sp³-hybridized carbons (Fsp3) is 0.136. The van der Waals surface area contributed by atoms with Crippen molar-refractivity contribution in [1.82, 2.24) is 9.88 Å². The zero-order chi connectivity index (χ0) is 23.0. The Kier molecular flexibility index (Phi) is 4.97. The highest BCUT2D eigenvalue weighted by molar-refractivity contribution is 6.05. The number of pyridine rings is 1. The summed E-state index contributed by atoms with van der Waals surface area (Å²) in [7, 11) is 0. The van der Waals surface area contributed by atoms with Gasteiger partial charge < -0.3 is 20.3 Å². The third kappa shape index (κ3) is 3.26. The zero-order valence-electron chi connectivity index (χ0n) is 16.3. The van der Waals surface area contributed by atoms with E-state index >= 15 is 0 Å². The minimum absolute atomic E-state index is 0.0164. The van der Waals surface area contributed by atoms with Gasteiger partial charge in [-0.3, -0.25) is 19.0 Å². The Morgan fingerprint density at radius 3 is 2.50 bits per heavy atom. The third-order valence-corrected chi connectivity index (χ3v) is 5.12. The summed E-state index contributed by atoms with van der Waals surface area (Å²) in [6.07, 6.45) is -0.649. The lowest BCUT2D eigenvalue weighted by Crippen LogP contribution is -2.38. The predicted octanol–water partition coefficient (Wildman–Crippen LogP) is 1.40. The van der Waals surface area contributed by atoms with Crippen LogP contribution in [-0.4, -0.2) is 33.2 Å². The summed E-state index contributed by atoms with van der Waals surface area (Å²) >= 11 is 0. The number of aliphatic carboxylic acids is 1. The molecule has 0 spiro atoms. The summed E-state index contributed by atoms with van der Waals surface area (Å²) in [6, 6.07) is 13.4. The lowest BCUT2D eigenvalue weighted by Gasteiger charge is -2.29. The van der Waals surface area contributed by atoms with Gasteiger partial charge in [0, 0.05) is 0 Å². The van der Waals surface area contributed by atoms with Gasteiger partial charge in [-0.2, -0.15) is 10.5 Å². The Morgan fingerprint density at radius 1 is 1.16 bits per heavy atom. The van der Waals surface area contributed by atoms with E-state index in [4.69, 9.17) is 15.1 Å². The van der Waals surface area contributed by atoms with Crippen LogP contribution < -0.4 is 15.6 Å². The molecule has 1 atom stereocenters. The van der Waals surface area contributed by atoms with Crippen LogP contribution in [-0.2, 0) is 11.3 Å². The van der Waals surface area contributed by atoms with Crippen LogP contribution in [0.4, 0.5) is 0 Å². The molecule has 1 aliphatic heterocycles. The molecule has 1 aliphatic rings. The minimum Gasteiger partial charge on any atom is -0.506 e. The molecule has 32 heavy (non-hydrogen) atoms. The van der Waals surface area contributed by atoms with Gasteiger partial charge in [-0.05, 0) is 29.8 Å². The average Bonchev–Trinajstić information content (AvgIpc) is 2.80. The van der Waals surface area contributed by atoms with E-state index in [1.807, 2.05) is 12.1 Å². The number of nitriles is 2. The number of rotatable bonds is 4. The van der Waals surface area contributed by atoms with Gasteiger partial charge in [0.2, 0.25) is 0 Å². The molecule has 0 bridgehead atoms. The Balaban J connectivity index is 1.91. The molecule has 0 saturated carbocycles. The second-order valence-corrected chi connectivity index (χ2v) is 7.00. The number of hydrogen-bond acceptors (Lipinski definition) is 7. The molecular formula is C22H14N4O6. The van der Waals surface area contributed by atoms with E-state index in [-0.39, 0.29) is 28.8 Å². The van der Waals surface area contributed by atoms with Crippen LogP contribution in [0, 0.1) is 22.7 Å². The van der Waals surface area contributed by atoms with Crippen molar-refractivity contribution in [2.24, 2.45) is 0 Å². The number of nitrogens with one attached hydrogen (secondary N) is 1. The first-order valence-corrected chi connectivity index (χ1v) is 9.35. The van der Waals surface area contributed by atoms with Gasteiger partial charge in [-0.1, -0.05) is 12.1 Å². The molecular weight excluding hydrogens is 416 g/mol. The standard InChI is InChI=1S/C22H14N4O6/c23-7-11-1-3-12(4-2-11)15-10-26-19-14(32-15)6-5-13(8-24)17(19)20(29)18(22(26)31)21(30)25-9-16(27)28/h1-6,15,29H,9-10H2,(H,25,30)(H,27,28). The minimum atomic E-state index is -1.32. The predicted molar refractivity (Wildman–Crippen MR) is 109 cm³/mol. The monoisotopic (exact) mass is 430 g/mol. The van der Waals surface area contributed by atoms with Crippen molar-refractivity contribution in [1.29, 1.82) is 10.5 Å². The maximum Gasteiger partial charge on any atom is 0.322 e. The fourth-order valence-electron chi connectivity index (χ4n) is 3.66. The molecule has 1 amide bonds. The Bertz CT molecular complexity index is 1430. The lowest BCUT2D eigenvalue weighted by atomic mass is 10.0. The third-order valence-electron chi connectivity index (χ3n) is 5.12. The van der Waals surface area contributed by atoms with Gasteiger partial charge in [0.1, 0.15) is 29.7 Å². The Hall–Kier alpha value is -4.83. The van der Waals surface area contributed by atoms with Gasteiger partial charge in [-0.25, -0.2) is 0 Å². The van der Waals surface area contributed by atoms with Gasteiger partial charge in [0.05, 0.1) is 40.7 Å². The maximum atomic E-state index is 13.2. The van der Waals surface area contributed by atoms with Crippen molar-refractivity contribution < 1.29 is 24.5 Å². The number of aromatic hydroxyl groups is 1. The summed E-state index contributed by atoms with van der Waals surface area (Å²) in [4.78, 5) is 36.5. The van der Waals surface area contributed by atoms with Crippen molar-refractivity contribution in [2.75, 3.05) is 6.54 Å². The van der Waals surface area contributed by atoms with Crippen LogP contribution in [0.5, 0.6) is 11.5 Å². The number of carboxylic acids is 1. The highest BCUT2D eigenvalue weighted by Crippen LogP contribution is 2.40. The number of aromatic nitrogens is 1. The first kappa shape index (κ1) is 20.4. The van der Waals surface area contributed by atoms with E-state index in [0.717, 1.165) is 0 Å². The van der Waals surface area contributed by atoms with E-state index < -0.39 is 41.4 Å². The number of amides is 1. The summed E-state index contributed by atoms with van der Waals surface area (Å²) in [5.41, 5.74) is -0.216. The molecule has 0 saturated heterocycles. The number of hydrogen-bond donors (Lipinski definition) is 3. The molecule has 1 aromatic heterocycles. The summed E-state index contributed by atoms with van der Waals surface area (Å²) < 4.78 is 7.24. The quantitative estimate of drug-likeness (QED) is 0.558. The number of nitrogens with zero attached hydrogens (tertiary/aromatic N) is 3. The largest absolute Gasteiger partial charge is 0.506 e. The van der Waals surface area contributed by atoms with E-state index in [1.54, 1.807) is 24.3 Å². The van der Waals surface area contributed by atoms with Crippen LogP contribution in [0.1, 0.15) is 33.2 Å². The molecule has 2 aromatic carbocycles. The molecule has 0 radical (unpaired) electrons. The van der Waals surface area contributed by atoms with Gasteiger partial charge in [-0.15, -0.1) is 0 Å². The average molecular weight is 430 g/mol. The number of ether oxygens (including phenoxy) is 1. The van der Waals surface area contributed by atoms with E-state index in [9.17, 15) is 24.8 Å². The van der Waals surface area contributed by atoms with Crippen LogP contribution in [0.2, 0.25) is 0 Å². The highest BCUT2D eigenvalue weighted by atomic mass is 16.5. The lowest BCUT2D eigenvalue weighted by molar-refractivity contribution is -0.135. The van der Waals surface area contributed by atoms with Crippen LogP contribution >= 0.6 is 0 Å². The highest BCUT2D eigenvalue weighted by Gasteiger charge is 2.31. The second-order valence-electron chi connectivity index (χ2n) is 7.00. The van der Waals surface area contributed by atoms with Crippen molar-refractivity contribution in [3.05, 3.63) is 69.0 Å². The number of carbonyl (C=O) groups excluding carboxylic acids is 1. The second kappa shape index (κ2) is 7.78. The summed E-state index contributed by atoms with van der Waals surface area (Å²) in [6.45, 7) is -0.791. The smallest absolute Gasteiger partial charge is 0.322 e. The number of carbonyl (C=O) groups is 2. The molecule has 4 rings (SSSR count). The molecule has 0 aliphatic carbocycles. The van der Waals surface area contributed by atoms with E-state index in [2.05, 4.69) is 5.32 Å². The zero-order valence-corrected chi connectivity index (χ0v) is 16.3. The van der Waals surface area contributed by atoms with Gasteiger partial charge in [0.15, 0.2) is 0 Å². The van der Waals surface area contributed by atoms with Crippen molar-refractivity contribution in [2.45, 2.75) is 12.6 Å². The van der Waals surface area contributed by atoms with Crippen molar-refractivity contribution in [3.8, 4) is 23.6 Å². The van der Waals surface area contributed by atoms with Crippen LogP contribution in [0.3, 0.4) is 0 Å². The van der Waals surface area contributed by atoms with E-state index in [1.165, 1.54) is 16.7 Å². The number of carboxylic acid groups (broad SMARTS) is 1. The molecule has 10 nitrogen and oxygen atoms in total. The fourth-order valence-corrected chi connectivity index (χ4v) is 3.66. The topological polar surface area (TPSA) is 165 Å². The van der Waals surface area contributed by atoms with Gasteiger partial charge in [0.25, 0.3) is 11.5 Å². The Morgan fingerprint density at radius 2 is 1.88 bits per heavy atom. The maximum absolute atomic E-state index is 13.2. The summed E-state index contributed by atoms with van der Waals surface area (Å²) in [5.74, 6) is -2.89. The van der Waals surface area contributed by atoms with Crippen molar-refractivity contribution >= 4 is 22.8 Å². The SMILES string of the molecule is N#Cc1ccc(C2Cn3c(=O)c(C(=O)NCC(=O)O)c(O)c4c(C#N)ccc(c43)O2)cc1. The first-order valence-electron chi connectivity index (χ1n) is 9.35. The van der Waals surface area contributed by atoms with E-state index in [0.29, 0.717) is 11.1 Å². The molecule has 10 heteroatoms. The van der Waals surface area contributed by atoms with Crippen LogP contribution in [0.15, 0.2) is 41.2 Å². The number of benzene rings is 2. The molecule has 1 unspecified atom stereocenters. The van der Waals surface area contributed by atoms with Crippen LogP contribution in [0.25, 0.3) is 10.9 Å². The molecule has 3 aromatic rings.